The first-order chi connectivity index (χ1) is 17.3. The highest BCUT2D eigenvalue weighted by Gasteiger charge is 2.28. The molecule has 2 fully saturated rings. The van der Waals surface area contributed by atoms with Gasteiger partial charge in [-0.1, -0.05) is 25.1 Å². The summed E-state index contributed by atoms with van der Waals surface area (Å²) in [5, 5.41) is 7.90. The highest BCUT2D eigenvalue weighted by atomic mass is 35.5. The lowest BCUT2D eigenvalue weighted by Crippen LogP contribution is -2.41. The Morgan fingerprint density at radius 3 is 2.68 bits per heavy atom. The van der Waals surface area contributed by atoms with Crippen LogP contribution in [0.3, 0.4) is 0 Å². The van der Waals surface area contributed by atoms with Gasteiger partial charge < -0.3 is 20.1 Å². The number of methoxy groups -OCH3 is 1. The van der Waals surface area contributed by atoms with E-state index >= 15 is 0 Å². The molecule has 1 aliphatic heterocycles. The Hall–Kier alpha value is -1.73. The van der Waals surface area contributed by atoms with Gasteiger partial charge in [-0.05, 0) is 95.8 Å². The quantitative estimate of drug-likeness (QED) is 0.353. The largest absolute Gasteiger partial charge is 0.383 e. The van der Waals surface area contributed by atoms with Crippen molar-refractivity contribution in [3.63, 3.8) is 0 Å². The smallest absolute Gasteiger partial charge is 0.126 e. The average Bonchev–Trinajstić information content (AvgIpc) is 2.85. The number of halogens is 1. The van der Waals surface area contributed by atoms with Gasteiger partial charge in [0.25, 0.3) is 0 Å². The zero-order valence-electron chi connectivity index (χ0n) is 22.4. The molecule has 2 N–H and O–H groups in total. The van der Waals surface area contributed by atoms with Crippen molar-refractivity contribution in [2.45, 2.75) is 90.8 Å². The average molecular weight is 531 g/mol. The van der Waals surface area contributed by atoms with Gasteiger partial charge in [-0.15, -0.1) is 0 Å². The van der Waals surface area contributed by atoms with Gasteiger partial charge in [0, 0.05) is 49.8 Å². The van der Waals surface area contributed by atoms with Crippen LogP contribution in [-0.4, -0.2) is 54.5 Å². The van der Waals surface area contributed by atoms with E-state index in [9.17, 15) is 0 Å². The second-order valence-corrected chi connectivity index (χ2v) is 11.8. The predicted octanol–water partition coefficient (Wildman–Crippen LogP) is 6.78. The second-order valence-electron chi connectivity index (χ2n) is 11.4. The van der Waals surface area contributed by atoms with E-state index in [-0.39, 0.29) is 13.0 Å². The monoisotopic (exact) mass is 530 g/mol. The van der Waals surface area contributed by atoms with Crippen LogP contribution in [0.1, 0.15) is 72.4 Å². The molecular formula is C30H47ClN4O2. The van der Waals surface area contributed by atoms with Crippen LogP contribution in [0.4, 0.5) is 5.82 Å². The molecule has 0 radical (unpaired) electrons. The maximum Gasteiger partial charge on any atom is 0.126 e. The minimum atomic E-state index is -0.0426. The van der Waals surface area contributed by atoms with E-state index in [1.807, 2.05) is 18.2 Å². The van der Waals surface area contributed by atoms with E-state index in [1.165, 1.54) is 25.7 Å². The van der Waals surface area contributed by atoms with Crippen molar-refractivity contribution in [2.24, 2.45) is 11.8 Å². The first kappa shape index (κ1) is 29.8. The van der Waals surface area contributed by atoms with E-state index in [0.29, 0.717) is 28.9 Å². The minimum Gasteiger partial charge on any atom is -0.383 e. The van der Waals surface area contributed by atoms with Gasteiger partial charge in [-0.25, -0.2) is 4.98 Å². The summed E-state index contributed by atoms with van der Waals surface area (Å²) in [7, 11) is 1.76. The van der Waals surface area contributed by atoms with Crippen molar-refractivity contribution < 1.29 is 9.47 Å². The highest BCUT2D eigenvalue weighted by Crippen LogP contribution is 2.32. The fourth-order valence-corrected chi connectivity index (χ4v) is 5.98. The molecule has 7 heteroatoms. The van der Waals surface area contributed by atoms with Gasteiger partial charge in [-0.2, -0.15) is 0 Å². The summed E-state index contributed by atoms with van der Waals surface area (Å²) >= 11 is 6.59. The molecule has 0 bridgehead atoms. The van der Waals surface area contributed by atoms with Crippen LogP contribution in [0.15, 0.2) is 30.5 Å². The van der Waals surface area contributed by atoms with Gasteiger partial charge in [0.1, 0.15) is 5.82 Å². The molecule has 1 saturated carbocycles. The van der Waals surface area contributed by atoms with E-state index in [1.54, 1.807) is 13.3 Å². The molecule has 0 amide bonds. The maximum atomic E-state index is 6.59. The Labute approximate surface area is 229 Å². The van der Waals surface area contributed by atoms with Gasteiger partial charge in [0.2, 0.25) is 0 Å². The molecule has 2 aromatic heterocycles. The number of nitrogens with zero attached hydrogens (tertiary/aromatic N) is 2. The predicted molar refractivity (Wildman–Crippen MR) is 154 cm³/mol. The standard InChI is InChI=1S/C29H43ClN4O2.CH4/c1-20(19-35-4)33-23-10-8-21(9-11-23)14-24-15-25(26(30)18-31-24)27-6-5-7-28(34-27)32-17-22-12-13-36-29(2,3)16-22;/h5-7,15,18,20-23,33H,8-14,16-17,19H2,1-4H3,(H,32,34);1H4/t20-,21?,22-,23?;/m1./s1. The lowest BCUT2D eigenvalue weighted by atomic mass is 9.83. The number of anilines is 1. The zero-order valence-corrected chi connectivity index (χ0v) is 23.1. The lowest BCUT2D eigenvalue weighted by Gasteiger charge is -2.35. The molecule has 3 heterocycles. The van der Waals surface area contributed by atoms with Gasteiger partial charge in [-0.3, -0.25) is 4.98 Å². The van der Waals surface area contributed by atoms with Crippen LogP contribution in [0.2, 0.25) is 5.02 Å². The van der Waals surface area contributed by atoms with Crippen molar-refractivity contribution in [1.29, 1.82) is 0 Å². The van der Waals surface area contributed by atoms with Gasteiger partial charge >= 0.3 is 0 Å². The number of ether oxygens (including phenoxy) is 2. The van der Waals surface area contributed by atoms with E-state index in [4.69, 9.17) is 26.1 Å². The summed E-state index contributed by atoms with van der Waals surface area (Å²) in [6.07, 6.45) is 9.77. The maximum absolute atomic E-state index is 6.59. The van der Waals surface area contributed by atoms with Crippen molar-refractivity contribution >= 4 is 17.4 Å². The fraction of sp³-hybridized carbons (Fsp3) is 0.667. The topological polar surface area (TPSA) is 68.3 Å². The molecule has 0 aromatic carbocycles. The fourth-order valence-electron chi connectivity index (χ4n) is 5.78. The summed E-state index contributed by atoms with van der Waals surface area (Å²) in [4.78, 5) is 9.56. The third-order valence-corrected chi connectivity index (χ3v) is 7.89. The highest BCUT2D eigenvalue weighted by molar-refractivity contribution is 6.33. The number of aromatic nitrogens is 2. The molecule has 0 spiro atoms. The Kier molecular flexibility index (Phi) is 11.2. The second kappa shape index (κ2) is 13.9. The van der Waals surface area contributed by atoms with Crippen molar-refractivity contribution in [3.05, 3.63) is 41.2 Å². The zero-order chi connectivity index (χ0) is 25.5. The molecule has 6 nitrogen and oxygen atoms in total. The van der Waals surface area contributed by atoms with Crippen LogP contribution in [0, 0.1) is 11.8 Å². The number of pyridine rings is 2. The van der Waals surface area contributed by atoms with E-state index in [2.05, 4.69) is 42.5 Å². The first-order valence-electron chi connectivity index (χ1n) is 13.6. The minimum absolute atomic E-state index is 0. The first-order valence-corrected chi connectivity index (χ1v) is 13.9. The molecule has 37 heavy (non-hydrogen) atoms. The Morgan fingerprint density at radius 1 is 1.16 bits per heavy atom. The van der Waals surface area contributed by atoms with Gasteiger partial charge in [0.05, 0.1) is 22.9 Å². The van der Waals surface area contributed by atoms with Crippen LogP contribution in [0.5, 0.6) is 0 Å². The van der Waals surface area contributed by atoms with Crippen molar-refractivity contribution in [2.75, 3.05) is 32.2 Å². The van der Waals surface area contributed by atoms with Crippen molar-refractivity contribution in [3.8, 4) is 11.3 Å². The summed E-state index contributed by atoms with van der Waals surface area (Å²) in [5.41, 5.74) is 2.91. The summed E-state index contributed by atoms with van der Waals surface area (Å²) in [6, 6.07) is 9.24. The third kappa shape index (κ3) is 8.91. The molecule has 2 atom stereocenters. The van der Waals surface area contributed by atoms with E-state index in [0.717, 1.165) is 61.8 Å². The molecule has 1 aliphatic carbocycles. The number of rotatable bonds is 10. The molecule has 4 rings (SSSR count). The van der Waals surface area contributed by atoms with E-state index < -0.39 is 0 Å². The van der Waals surface area contributed by atoms with Crippen molar-refractivity contribution in [1.82, 2.24) is 15.3 Å². The molecule has 2 aromatic rings. The Bertz CT molecular complexity index is 978. The van der Waals surface area contributed by atoms with Gasteiger partial charge in [0.15, 0.2) is 0 Å². The Balaban J connectivity index is 0.00000380. The molecule has 206 valence electrons. The third-order valence-electron chi connectivity index (χ3n) is 7.59. The molecule has 1 saturated heterocycles. The number of hydrogen-bond acceptors (Lipinski definition) is 6. The summed E-state index contributed by atoms with van der Waals surface area (Å²) in [6.45, 7) is 9.03. The number of nitrogens with one attached hydrogen (secondary N) is 2. The Morgan fingerprint density at radius 2 is 1.95 bits per heavy atom. The summed E-state index contributed by atoms with van der Waals surface area (Å²) < 4.78 is 11.1. The van der Waals surface area contributed by atoms with Crippen LogP contribution < -0.4 is 10.6 Å². The SMILES string of the molecule is C.COC[C@@H](C)NC1CCC(Cc2cc(-c3cccc(NC[C@@H]4CCOC(C)(C)C4)n3)c(Cl)cn2)CC1. The van der Waals surface area contributed by atoms with Crippen LogP contribution >= 0.6 is 11.6 Å². The summed E-state index contributed by atoms with van der Waals surface area (Å²) in [5.74, 6) is 2.13. The van der Waals surface area contributed by atoms with Crippen LogP contribution in [-0.2, 0) is 15.9 Å². The van der Waals surface area contributed by atoms with Crippen LogP contribution in [0.25, 0.3) is 11.3 Å². The normalized spacial score (nSPS) is 24.2. The molecule has 2 aliphatic rings. The molecular weight excluding hydrogens is 484 g/mol. The lowest BCUT2D eigenvalue weighted by molar-refractivity contribution is -0.0699. The molecule has 0 unspecified atom stereocenters. The number of hydrogen-bond donors (Lipinski definition) is 2.